The van der Waals surface area contributed by atoms with Crippen LogP contribution in [0.3, 0.4) is 0 Å². The average molecular weight is 328 g/mol. The van der Waals surface area contributed by atoms with Crippen LogP contribution in [0.1, 0.15) is 29.5 Å². The van der Waals surface area contributed by atoms with E-state index in [0.29, 0.717) is 22.6 Å². The minimum atomic E-state index is -0.491. The highest BCUT2D eigenvalue weighted by atomic mass is 35.5. The molecule has 116 valence electrons. The molecule has 23 heavy (non-hydrogen) atoms. The van der Waals surface area contributed by atoms with Crippen molar-refractivity contribution in [3.05, 3.63) is 56.1 Å². The van der Waals surface area contributed by atoms with Crippen molar-refractivity contribution in [1.82, 2.24) is 0 Å². The van der Waals surface area contributed by atoms with Crippen LogP contribution in [-0.2, 0) is 12.8 Å². The highest BCUT2D eigenvalue weighted by Gasteiger charge is 2.31. The Kier molecular flexibility index (Phi) is 3.93. The number of nitro groups is 1. The summed E-state index contributed by atoms with van der Waals surface area (Å²) in [6, 6.07) is 8.96. The third kappa shape index (κ3) is 2.51. The van der Waals surface area contributed by atoms with Crippen molar-refractivity contribution in [1.29, 1.82) is 5.26 Å². The fourth-order valence-corrected chi connectivity index (χ4v) is 3.39. The van der Waals surface area contributed by atoms with Crippen molar-refractivity contribution >= 4 is 23.0 Å². The van der Waals surface area contributed by atoms with Gasteiger partial charge >= 0.3 is 5.69 Å². The average Bonchev–Trinajstić information content (AvgIpc) is 2.54. The standard InChI is InChI=1S/C17H14ClN3O2/c18-11-7-5-10(6-8-11)15-13-4-2-1-3-12(13)14(9-19)16(20)17(15)21(22)23/h5-8H,1-4,20H2. The number of anilines is 1. The summed E-state index contributed by atoms with van der Waals surface area (Å²) in [7, 11) is 0. The predicted octanol–water partition coefficient (Wildman–Crippen LogP) is 4.25. The van der Waals surface area contributed by atoms with Gasteiger partial charge in [-0.05, 0) is 54.5 Å². The number of benzene rings is 2. The summed E-state index contributed by atoms with van der Waals surface area (Å²) in [6.45, 7) is 0. The zero-order valence-corrected chi connectivity index (χ0v) is 13.1. The summed E-state index contributed by atoms with van der Waals surface area (Å²) in [4.78, 5) is 11.1. The molecular weight excluding hydrogens is 314 g/mol. The van der Waals surface area contributed by atoms with Gasteiger partial charge < -0.3 is 5.73 Å². The molecule has 0 amide bonds. The van der Waals surface area contributed by atoms with Crippen molar-refractivity contribution in [2.75, 3.05) is 5.73 Å². The van der Waals surface area contributed by atoms with E-state index in [4.69, 9.17) is 17.3 Å². The Balaban J connectivity index is 2.41. The first-order valence-corrected chi connectivity index (χ1v) is 7.70. The van der Waals surface area contributed by atoms with Crippen molar-refractivity contribution < 1.29 is 4.92 Å². The van der Waals surface area contributed by atoms with Crippen molar-refractivity contribution in [2.24, 2.45) is 0 Å². The molecule has 0 unspecified atom stereocenters. The van der Waals surface area contributed by atoms with Crippen molar-refractivity contribution in [2.45, 2.75) is 25.7 Å². The molecule has 3 rings (SSSR count). The number of fused-ring (bicyclic) bond motifs is 1. The first-order chi connectivity index (χ1) is 11.0. The molecule has 0 radical (unpaired) electrons. The van der Waals surface area contributed by atoms with Crippen LogP contribution < -0.4 is 5.73 Å². The molecule has 0 aromatic heterocycles. The fraction of sp³-hybridized carbons (Fsp3) is 0.235. The normalized spacial score (nSPS) is 13.2. The van der Waals surface area contributed by atoms with Gasteiger partial charge in [-0.1, -0.05) is 23.7 Å². The second-order valence-corrected chi connectivity index (χ2v) is 5.99. The number of halogens is 1. The molecule has 6 heteroatoms. The van der Waals surface area contributed by atoms with E-state index in [9.17, 15) is 15.4 Å². The van der Waals surface area contributed by atoms with Crippen LogP contribution in [0.4, 0.5) is 11.4 Å². The molecule has 0 atom stereocenters. The lowest BCUT2D eigenvalue weighted by Gasteiger charge is -2.22. The quantitative estimate of drug-likeness (QED) is 0.507. The van der Waals surface area contributed by atoms with E-state index < -0.39 is 4.92 Å². The van der Waals surface area contributed by atoms with E-state index in [1.54, 1.807) is 24.3 Å². The zero-order valence-electron chi connectivity index (χ0n) is 12.3. The summed E-state index contributed by atoms with van der Waals surface area (Å²) in [5.41, 5.74) is 8.99. The number of hydrogen-bond donors (Lipinski definition) is 1. The SMILES string of the molecule is N#Cc1c(N)c([N+](=O)[O-])c(-c2ccc(Cl)cc2)c2c1CCCC2. The summed E-state index contributed by atoms with van der Waals surface area (Å²) in [5, 5.41) is 21.6. The van der Waals surface area contributed by atoms with Crippen LogP contribution >= 0.6 is 11.6 Å². The maximum atomic E-state index is 11.6. The number of hydrogen-bond acceptors (Lipinski definition) is 4. The minimum Gasteiger partial charge on any atom is -0.392 e. The second kappa shape index (κ2) is 5.90. The van der Waals surface area contributed by atoms with Crippen molar-refractivity contribution in [3.63, 3.8) is 0 Å². The third-order valence-corrected chi connectivity index (χ3v) is 4.51. The largest absolute Gasteiger partial charge is 0.392 e. The Hall–Kier alpha value is -2.58. The van der Waals surface area contributed by atoms with Gasteiger partial charge in [-0.25, -0.2) is 0 Å². The first-order valence-electron chi connectivity index (χ1n) is 7.32. The molecule has 0 saturated heterocycles. The maximum Gasteiger partial charge on any atom is 0.301 e. The molecule has 0 spiro atoms. The molecule has 1 aliphatic rings. The van der Waals surface area contributed by atoms with Gasteiger partial charge in [0.05, 0.1) is 16.1 Å². The van der Waals surface area contributed by atoms with Crippen LogP contribution in [0.15, 0.2) is 24.3 Å². The van der Waals surface area contributed by atoms with E-state index in [0.717, 1.165) is 30.4 Å². The third-order valence-electron chi connectivity index (χ3n) is 4.26. The van der Waals surface area contributed by atoms with Gasteiger partial charge in [-0.2, -0.15) is 5.26 Å². The lowest BCUT2D eigenvalue weighted by Crippen LogP contribution is -2.12. The van der Waals surface area contributed by atoms with E-state index >= 15 is 0 Å². The lowest BCUT2D eigenvalue weighted by atomic mass is 9.81. The number of rotatable bonds is 2. The predicted molar refractivity (Wildman–Crippen MR) is 89.3 cm³/mol. The summed E-state index contributed by atoms with van der Waals surface area (Å²) >= 11 is 5.92. The van der Waals surface area contributed by atoms with E-state index in [1.165, 1.54) is 0 Å². The van der Waals surface area contributed by atoms with E-state index in [-0.39, 0.29) is 16.9 Å². The molecule has 2 N–H and O–H groups in total. The maximum absolute atomic E-state index is 11.6. The molecule has 5 nitrogen and oxygen atoms in total. The van der Waals surface area contributed by atoms with Gasteiger partial charge in [-0.15, -0.1) is 0 Å². The van der Waals surface area contributed by atoms with Gasteiger partial charge in [0, 0.05) is 5.02 Å². The summed E-state index contributed by atoms with van der Waals surface area (Å²) in [5.74, 6) is 0. The fourth-order valence-electron chi connectivity index (χ4n) is 3.26. The van der Waals surface area contributed by atoms with Crippen LogP contribution in [0.2, 0.25) is 5.02 Å². The van der Waals surface area contributed by atoms with E-state index in [1.807, 2.05) is 0 Å². The highest BCUT2D eigenvalue weighted by molar-refractivity contribution is 6.30. The first kappa shape index (κ1) is 15.3. The van der Waals surface area contributed by atoms with Crippen LogP contribution in [0, 0.1) is 21.4 Å². The molecule has 1 aliphatic carbocycles. The number of nitrogens with two attached hydrogens (primary N) is 1. The number of nitrogens with zero attached hydrogens (tertiary/aromatic N) is 2. The van der Waals surface area contributed by atoms with E-state index in [2.05, 4.69) is 6.07 Å². The Labute approximate surface area is 138 Å². The van der Waals surface area contributed by atoms with Crippen LogP contribution in [0.25, 0.3) is 11.1 Å². The molecule has 0 aliphatic heterocycles. The number of nitrogen functional groups attached to an aromatic ring is 1. The lowest BCUT2D eigenvalue weighted by molar-refractivity contribution is -0.383. The molecule has 2 aromatic carbocycles. The molecular formula is C17H14ClN3O2. The van der Waals surface area contributed by atoms with Crippen LogP contribution in [-0.4, -0.2) is 4.92 Å². The molecule has 2 aromatic rings. The van der Waals surface area contributed by atoms with Gasteiger partial charge in [0.2, 0.25) is 0 Å². The molecule has 0 saturated carbocycles. The zero-order chi connectivity index (χ0) is 16.6. The second-order valence-electron chi connectivity index (χ2n) is 5.55. The van der Waals surface area contributed by atoms with Gasteiger partial charge in [0.25, 0.3) is 0 Å². The molecule has 0 bridgehead atoms. The Bertz CT molecular complexity index is 839. The summed E-state index contributed by atoms with van der Waals surface area (Å²) in [6.07, 6.45) is 3.34. The minimum absolute atomic E-state index is 0.0388. The Morgan fingerprint density at radius 2 is 1.78 bits per heavy atom. The molecule has 0 fully saturated rings. The number of nitriles is 1. The summed E-state index contributed by atoms with van der Waals surface area (Å²) < 4.78 is 0. The van der Waals surface area contributed by atoms with Gasteiger partial charge in [0.1, 0.15) is 11.8 Å². The number of nitro benzene ring substituents is 1. The Morgan fingerprint density at radius 3 is 2.35 bits per heavy atom. The topological polar surface area (TPSA) is 93.0 Å². The monoisotopic (exact) mass is 327 g/mol. The van der Waals surface area contributed by atoms with Gasteiger partial charge in [0.15, 0.2) is 0 Å². The Morgan fingerprint density at radius 1 is 1.17 bits per heavy atom. The van der Waals surface area contributed by atoms with Gasteiger partial charge in [-0.3, -0.25) is 10.1 Å². The van der Waals surface area contributed by atoms with Crippen LogP contribution in [0.5, 0.6) is 0 Å². The molecule has 0 heterocycles. The van der Waals surface area contributed by atoms with Crippen molar-refractivity contribution in [3.8, 4) is 17.2 Å². The smallest absolute Gasteiger partial charge is 0.301 e. The highest BCUT2D eigenvalue weighted by Crippen LogP contribution is 2.44.